The van der Waals surface area contributed by atoms with Crippen LogP contribution in [0.25, 0.3) is 0 Å². The Morgan fingerprint density at radius 2 is 2.00 bits per heavy atom. The van der Waals surface area contributed by atoms with E-state index in [1.807, 2.05) is 19.2 Å². The van der Waals surface area contributed by atoms with E-state index >= 15 is 0 Å². The molecular weight excluding hydrogens is 517 g/mol. The Kier molecular flexibility index (Phi) is 11.8. The Morgan fingerprint density at radius 3 is 2.72 bits per heavy atom. The van der Waals surface area contributed by atoms with Crippen molar-refractivity contribution >= 4 is 29.9 Å². The van der Waals surface area contributed by atoms with Crippen LogP contribution in [-0.2, 0) is 17.8 Å². The molecule has 0 saturated carbocycles. The minimum Gasteiger partial charge on any atom is -0.475 e. The highest BCUT2D eigenvalue weighted by Crippen LogP contribution is 2.20. The summed E-state index contributed by atoms with van der Waals surface area (Å²) in [6, 6.07) is 15.6. The molecule has 32 heavy (non-hydrogen) atoms. The molecule has 2 N–H and O–H groups in total. The highest BCUT2D eigenvalue weighted by Gasteiger charge is 2.26. The lowest BCUT2D eigenvalue weighted by atomic mass is 9.97. The van der Waals surface area contributed by atoms with Crippen molar-refractivity contribution < 1.29 is 9.47 Å². The van der Waals surface area contributed by atoms with E-state index < -0.39 is 0 Å². The molecule has 0 bridgehead atoms. The van der Waals surface area contributed by atoms with Crippen molar-refractivity contribution in [1.82, 2.24) is 20.5 Å². The molecule has 0 amide bonds. The predicted molar refractivity (Wildman–Crippen MR) is 140 cm³/mol. The molecule has 1 aliphatic heterocycles. The maximum absolute atomic E-state index is 5.73. The van der Waals surface area contributed by atoms with Gasteiger partial charge in [0.05, 0.1) is 6.61 Å². The zero-order valence-corrected chi connectivity index (χ0v) is 21.6. The molecular formula is C24H36IN5O2. The molecule has 2 heterocycles. The third-order valence-corrected chi connectivity index (χ3v) is 5.63. The minimum absolute atomic E-state index is 0. The predicted octanol–water partition coefficient (Wildman–Crippen LogP) is 3.44. The molecule has 2 atom stereocenters. The van der Waals surface area contributed by atoms with Crippen molar-refractivity contribution in [3.8, 4) is 5.88 Å². The van der Waals surface area contributed by atoms with Gasteiger partial charge in [-0.1, -0.05) is 36.4 Å². The molecule has 1 aromatic carbocycles. The number of nitrogens with one attached hydrogen (secondary N) is 2. The third kappa shape index (κ3) is 8.22. The average molecular weight is 553 g/mol. The van der Waals surface area contributed by atoms with E-state index in [2.05, 4.69) is 62.8 Å². The number of hydrogen-bond donors (Lipinski definition) is 2. The summed E-state index contributed by atoms with van der Waals surface area (Å²) in [5.41, 5.74) is 2.37. The first-order valence-electron chi connectivity index (χ1n) is 11.0. The van der Waals surface area contributed by atoms with Crippen LogP contribution in [-0.4, -0.2) is 61.8 Å². The molecule has 1 saturated heterocycles. The van der Waals surface area contributed by atoms with E-state index in [0.29, 0.717) is 37.7 Å². The molecule has 1 aliphatic rings. The van der Waals surface area contributed by atoms with Gasteiger partial charge in [0, 0.05) is 57.6 Å². The molecule has 176 valence electrons. The van der Waals surface area contributed by atoms with Crippen LogP contribution in [0.4, 0.5) is 0 Å². The second-order valence-electron chi connectivity index (χ2n) is 7.91. The second kappa shape index (κ2) is 14.3. The van der Waals surface area contributed by atoms with Gasteiger partial charge in [0.25, 0.3) is 0 Å². The Morgan fingerprint density at radius 1 is 1.19 bits per heavy atom. The fourth-order valence-electron chi connectivity index (χ4n) is 3.88. The maximum Gasteiger partial charge on any atom is 0.218 e. The first kappa shape index (κ1) is 26.3. The number of nitrogens with zero attached hydrogens (tertiary/aromatic N) is 3. The van der Waals surface area contributed by atoms with Crippen LogP contribution in [0.1, 0.15) is 30.9 Å². The van der Waals surface area contributed by atoms with E-state index in [1.165, 1.54) is 5.56 Å². The number of ether oxygens (including phenoxy) is 2. The van der Waals surface area contributed by atoms with Crippen LogP contribution in [0, 0.1) is 0 Å². The van der Waals surface area contributed by atoms with E-state index in [0.717, 1.165) is 37.5 Å². The van der Waals surface area contributed by atoms with Gasteiger partial charge in [-0.15, -0.1) is 24.0 Å². The normalized spacial score (nSPS) is 19.2. The van der Waals surface area contributed by atoms with Crippen LogP contribution in [0.15, 0.2) is 53.7 Å². The fourth-order valence-corrected chi connectivity index (χ4v) is 3.88. The van der Waals surface area contributed by atoms with Gasteiger partial charge in [-0.2, -0.15) is 0 Å². The van der Waals surface area contributed by atoms with Gasteiger partial charge in [-0.05, 0) is 31.4 Å². The second-order valence-corrected chi connectivity index (χ2v) is 7.91. The largest absolute Gasteiger partial charge is 0.475 e. The third-order valence-electron chi connectivity index (χ3n) is 5.63. The summed E-state index contributed by atoms with van der Waals surface area (Å²) in [5, 5.41) is 7.00. The van der Waals surface area contributed by atoms with Crippen molar-refractivity contribution in [3.63, 3.8) is 0 Å². The van der Waals surface area contributed by atoms with Crippen molar-refractivity contribution in [1.29, 1.82) is 0 Å². The van der Waals surface area contributed by atoms with Crippen LogP contribution < -0.4 is 15.4 Å². The molecule has 3 rings (SSSR count). The molecule has 8 heteroatoms. The highest BCUT2D eigenvalue weighted by molar-refractivity contribution is 14.0. The van der Waals surface area contributed by atoms with Crippen molar-refractivity contribution in [2.75, 3.05) is 33.9 Å². The number of rotatable bonds is 9. The molecule has 0 spiro atoms. The van der Waals surface area contributed by atoms with E-state index in [-0.39, 0.29) is 24.0 Å². The van der Waals surface area contributed by atoms with Crippen LogP contribution >= 0.6 is 24.0 Å². The standard InChI is InChI=1S/C24H35N5O2.HI/c1-19-16-22(11-13-29(19)18-20-8-5-4-6-9-20)28-24(25-2)27-17-21-10-7-12-26-23(21)31-15-14-30-3;/h4-10,12,19,22H,11,13-18H2,1-3H3,(H2,25,27,28);1H. The summed E-state index contributed by atoms with van der Waals surface area (Å²) in [4.78, 5) is 11.3. The lowest BCUT2D eigenvalue weighted by Crippen LogP contribution is -2.51. The zero-order chi connectivity index (χ0) is 21.9. The molecule has 1 fully saturated rings. The maximum atomic E-state index is 5.73. The smallest absolute Gasteiger partial charge is 0.218 e. The van der Waals surface area contributed by atoms with Gasteiger partial charge in [0.15, 0.2) is 5.96 Å². The molecule has 2 aromatic rings. The quantitative estimate of drug-likeness (QED) is 0.215. The van der Waals surface area contributed by atoms with Gasteiger partial charge in [0.2, 0.25) is 5.88 Å². The molecule has 2 unspecified atom stereocenters. The monoisotopic (exact) mass is 553 g/mol. The summed E-state index contributed by atoms with van der Waals surface area (Å²) in [5.74, 6) is 1.44. The molecule has 0 radical (unpaired) electrons. The van der Waals surface area contributed by atoms with Gasteiger partial charge in [-0.25, -0.2) is 4.98 Å². The molecule has 7 nitrogen and oxygen atoms in total. The average Bonchev–Trinajstić information content (AvgIpc) is 2.80. The van der Waals surface area contributed by atoms with Crippen LogP contribution in [0.5, 0.6) is 5.88 Å². The lowest BCUT2D eigenvalue weighted by Gasteiger charge is -2.38. The molecule has 1 aromatic heterocycles. The number of aliphatic imine (C=N–C) groups is 1. The van der Waals surface area contributed by atoms with E-state index in [1.54, 1.807) is 13.3 Å². The summed E-state index contributed by atoms with van der Waals surface area (Å²) in [6.45, 7) is 6.00. The fraction of sp³-hybridized carbons (Fsp3) is 0.500. The van der Waals surface area contributed by atoms with E-state index in [9.17, 15) is 0 Å². The number of methoxy groups -OCH3 is 1. The Labute approximate surface area is 209 Å². The van der Waals surface area contributed by atoms with Gasteiger partial charge in [0.1, 0.15) is 6.61 Å². The summed E-state index contributed by atoms with van der Waals surface area (Å²) in [6.07, 6.45) is 3.92. The van der Waals surface area contributed by atoms with Crippen LogP contribution in [0.3, 0.4) is 0 Å². The number of benzene rings is 1. The minimum atomic E-state index is 0. The Balaban J connectivity index is 0.00000363. The SMILES string of the molecule is CN=C(NCc1cccnc1OCCOC)NC1CCN(Cc2ccccc2)C(C)C1.I. The summed E-state index contributed by atoms with van der Waals surface area (Å²) >= 11 is 0. The van der Waals surface area contributed by atoms with E-state index in [4.69, 9.17) is 9.47 Å². The van der Waals surface area contributed by atoms with Gasteiger partial charge < -0.3 is 20.1 Å². The zero-order valence-electron chi connectivity index (χ0n) is 19.3. The summed E-state index contributed by atoms with van der Waals surface area (Å²) < 4.78 is 10.8. The number of aromatic nitrogens is 1. The van der Waals surface area contributed by atoms with Gasteiger partial charge >= 0.3 is 0 Å². The Hall–Kier alpha value is -1.91. The first-order chi connectivity index (χ1) is 15.2. The number of hydrogen-bond acceptors (Lipinski definition) is 5. The highest BCUT2D eigenvalue weighted by atomic mass is 127. The number of halogens is 1. The number of piperidine rings is 1. The van der Waals surface area contributed by atoms with Crippen molar-refractivity contribution in [2.24, 2.45) is 4.99 Å². The van der Waals surface area contributed by atoms with Crippen LogP contribution in [0.2, 0.25) is 0 Å². The number of guanidine groups is 1. The van der Waals surface area contributed by atoms with Crippen molar-refractivity contribution in [3.05, 3.63) is 59.8 Å². The number of pyridine rings is 1. The summed E-state index contributed by atoms with van der Waals surface area (Å²) in [7, 11) is 3.47. The Bertz CT molecular complexity index is 821. The van der Waals surface area contributed by atoms with Gasteiger partial charge in [-0.3, -0.25) is 9.89 Å². The molecule has 0 aliphatic carbocycles. The van der Waals surface area contributed by atoms with Crippen molar-refractivity contribution in [2.45, 2.75) is 44.9 Å². The topological polar surface area (TPSA) is 71.0 Å². The number of likely N-dealkylation sites (tertiary alicyclic amines) is 1. The first-order valence-corrected chi connectivity index (χ1v) is 11.0. The lowest BCUT2D eigenvalue weighted by molar-refractivity contribution is 0.134.